The van der Waals surface area contributed by atoms with Crippen molar-refractivity contribution in [1.29, 1.82) is 0 Å². The summed E-state index contributed by atoms with van der Waals surface area (Å²) in [6.45, 7) is 2.93. The molecule has 2 heterocycles. The number of amides is 1. The van der Waals surface area contributed by atoms with E-state index in [1.54, 1.807) is 43.3 Å². The van der Waals surface area contributed by atoms with Crippen molar-refractivity contribution < 1.29 is 23.8 Å². The Hall–Kier alpha value is -3.06. The normalized spacial score (nSPS) is 18.7. The summed E-state index contributed by atoms with van der Waals surface area (Å²) in [5.41, 5.74) is 0.369. The number of methoxy groups -OCH3 is 1. The van der Waals surface area contributed by atoms with Gasteiger partial charge in [0.05, 0.1) is 18.2 Å². The summed E-state index contributed by atoms with van der Waals surface area (Å²) < 4.78 is 11.1. The fourth-order valence-electron chi connectivity index (χ4n) is 3.55. The lowest BCUT2D eigenvalue weighted by molar-refractivity contribution is -0.140. The number of rotatable bonds is 7. The number of ketones is 1. The number of carbonyl (C=O) groups excluding carboxylic acids is 2. The average molecular weight is 398 g/mol. The Labute approximate surface area is 170 Å². The summed E-state index contributed by atoms with van der Waals surface area (Å²) in [4.78, 5) is 29.2. The molecule has 154 valence electrons. The van der Waals surface area contributed by atoms with Crippen molar-refractivity contribution in [2.45, 2.75) is 19.4 Å². The third kappa shape index (κ3) is 4.05. The van der Waals surface area contributed by atoms with Gasteiger partial charge in [0.15, 0.2) is 0 Å². The monoisotopic (exact) mass is 398 g/mol. The molecule has 1 atom stereocenters. The van der Waals surface area contributed by atoms with Crippen LogP contribution in [0.25, 0.3) is 5.76 Å². The van der Waals surface area contributed by atoms with Gasteiger partial charge < -0.3 is 24.1 Å². The van der Waals surface area contributed by atoms with Crippen LogP contribution in [0.3, 0.4) is 0 Å². The molecule has 7 nitrogen and oxygen atoms in total. The molecule has 1 unspecified atom stereocenters. The highest BCUT2D eigenvalue weighted by molar-refractivity contribution is 6.46. The van der Waals surface area contributed by atoms with Gasteiger partial charge in [-0.05, 0) is 58.3 Å². The second kappa shape index (κ2) is 8.53. The smallest absolute Gasteiger partial charge is 0.295 e. The van der Waals surface area contributed by atoms with Crippen LogP contribution in [0.1, 0.15) is 29.5 Å². The van der Waals surface area contributed by atoms with Gasteiger partial charge in [0.2, 0.25) is 0 Å². The number of benzene rings is 1. The number of carbonyl (C=O) groups is 2. The Bertz CT molecular complexity index is 944. The van der Waals surface area contributed by atoms with Gasteiger partial charge in [0.25, 0.3) is 11.7 Å². The fourth-order valence-corrected chi connectivity index (χ4v) is 3.55. The number of para-hydroxylation sites is 1. The highest BCUT2D eigenvalue weighted by Gasteiger charge is 2.47. The van der Waals surface area contributed by atoms with Crippen LogP contribution in [0.4, 0.5) is 0 Å². The molecule has 1 fully saturated rings. The van der Waals surface area contributed by atoms with Crippen molar-refractivity contribution in [1.82, 2.24) is 9.80 Å². The predicted molar refractivity (Wildman–Crippen MR) is 109 cm³/mol. The zero-order valence-electron chi connectivity index (χ0n) is 17.1. The summed E-state index contributed by atoms with van der Waals surface area (Å²) in [6.07, 6.45) is 0.685. The lowest BCUT2D eigenvalue weighted by atomic mass is 9.99. The van der Waals surface area contributed by atoms with Crippen molar-refractivity contribution in [2.75, 3.05) is 34.3 Å². The van der Waals surface area contributed by atoms with Crippen molar-refractivity contribution in [3.8, 4) is 5.75 Å². The van der Waals surface area contributed by atoms with Crippen molar-refractivity contribution in [3.63, 3.8) is 0 Å². The van der Waals surface area contributed by atoms with Crippen LogP contribution in [0, 0.1) is 6.92 Å². The van der Waals surface area contributed by atoms with E-state index in [0.717, 1.165) is 6.54 Å². The Morgan fingerprint density at radius 3 is 2.55 bits per heavy atom. The molecule has 1 aromatic heterocycles. The van der Waals surface area contributed by atoms with Gasteiger partial charge in [0, 0.05) is 6.54 Å². The van der Waals surface area contributed by atoms with E-state index in [9.17, 15) is 14.7 Å². The van der Waals surface area contributed by atoms with Crippen molar-refractivity contribution >= 4 is 17.4 Å². The molecule has 1 aromatic carbocycles. The average Bonchev–Trinajstić information content (AvgIpc) is 3.23. The molecule has 1 saturated heterocycles. The molecule has 1 aliphatic heterocycles. The molecule has 0 aliphatic carbocycles. The third-order valence-electron chi connectivity index (χ3n) is 4.94. The van der Waals surface area contributed by atoms with Crippen LogP contribution >= 0.6 is 0 Å². The van der Waals surface area contributed by atoms with E-state index >= 15 is 0 Å². The van der Waals surface area contributed by atoms with Crippen LogP contribution in [-0.4, -0.2) is 60.9 Å². The van der Waals surface area contributed by atoms with Gasteiger partial charge in [-0.25, -0.2) is 0 Å². The SMILES string of the molecule is COc1ccccc1/C(O)=C1/C(=O)C(=O)N(CCCN(C)C)C1c1ccc(C)o1. The van der Waals surface area contributed by atoms with Crippen molar-refractivity contribution in [3.05, 3.63) is 59.1 Å². The standard InChI is InChI=1S/C22H26N2O5/c1-14-10-11-17(29-14)19-18(20(25)15-8-5-6-9-16(15)28-4)21(26)22(27)24(19)13-7-12-23(2)3/h5-6,8-11,19,25H,7,12-13H2,1-4H3/b20-18-. The van der Waals surface area contributed by atoms with Crippen LogP contribution in [0.5, 0.6) is 5.75 Å². The highest BCUT2D eigenvalue weighted by atomic mass is 16.5. The van der Waals surface area contributed by atoms with Crippen molar-refractivity contribution in [2.24, 2.45) is 0 Å². The number of Topliss-reactive ketones (excluding diaryl/α,β-unsaturated/α-hetero) is 1. The molecule has 7 heteroatoms. The van der Waals surface area contributed by atoms with Gasteiger partial charge >= 0.3 is 0 Å². The van der Waals surface area contributed by atoms with Gasteiger partial charge in [0.1, 0.15) is 29.1 Å². The first-order valence-corrected chi connectivity index (χ1v) is 9.48. The second-order valence-corrected chi connectivity index (χ2v) is 7.30. The zero-order valence-corrected chi connectivity index (χ0v) is 17.1. The van der Waals surface area contributed by atoms with Crippen LogP contribution in [0.15, 0.2) is 46.4 Å². The Balaban J connectivity index is 2.10. The van der Waals surface area contributed by atoms with E-state index in [-0.39, 0.29) is 11.3 Å². The number of ether oxygens (including phenoxy) is 1. The van der Waals surface area contributed by atoms with E-state index in [0.29, 0.717) is 35.8 Å². The highest BCUT2D eigenvalue weighted by Crippen LogP contribution is 2.41. The molecule has 1 N–H and O–H groups in total. The lowest BCUT2D eigenvalue weighted by Gasteiger charge is -2.24. The van der Waals surface area contributed by atoms with Crippen LogP contribution < -0.4 is 4.74 Å². The number of likely N-dealkylation sites (tertiary alicyclic amines) is 1. The van der Waals surface area contributed by atoms with Crippen LogP contribution in [-0.2, 0) is 9.59 Å². The summed E-state index contributed by atoms with van der Waals surface area (Å²) >= 11 is 0. The number of hydrogen-bond donors (Lipinski definition) is 1. The number of aliphatic hydroxyl groups excluding tert-OH is 1. The Morgan fingerprint density at radius 1 is 1.21 bits per heavy atom. The summed E-state index contributed by atoms with van der Waals surface area (Å²) in [7, 11) is 5.38. The lowest BCUT2D eigenvalue weighted by Crippen LogP contribution is -2.32. The minimum atomic E-state index is -0.782. The molecule has 1 aliphatic rings. The van der Waals surface area contributed by atoms with E-state index in [4.69, 9.17) is 9.15 Å². The molecule has 1 amide bonds. The maximum atomic E-state index is 12.9. The first kappa shape index (κ1) is 20.7. The predicted octanol–water partition coefficient (Wildman–Crippen LogP) is 2.97. The maximum absolute atomic E-state index is 12.9. The first-order chi connectivity index (χ1) is 13.8. The molecular formula is C22H26N2O5. The molecule has 29 heavy (non-hydrogen) atoms. The Kier molecular flexibility index (Phi) is 6.08. The minimum Gasteiger partial charge on any atom is -0.507 e. The van der Waals surface area contributed by atoms with E-state index < -0.39 is 17.7 Å². The third-order valence-corrected chi connectivity index (χ3v) is 4.94. The first-order valence-electron chi connectivity index (χ1n) is 9.48. The molecule has 0 saturated carbocycles. The Morgan fingerprint density at radius 2 is 1.93 bits per heavy atom. The number of aliphatic hydroxyl groups is 1. The van der Waals surface area contributed by atoms with E-state index in [1.807, 2.05) is 19.0 Å². The quantitative estimate of drug-likeness (QED) is 0.439. The van der Waals surface area contributed by atoms with Gasteiger partial charge in [-0.15, -0.1) is 0 Å². The van der Waals surface area contributed by atoms with E-state index in [2.05, 4.69) is 0 Å². The maximum Gasteiger partial charge on any atom is 0.295 e. The number of aryl methyl sites for hydroxylation is 1. The second-order valence-electron chi connectivity index (χ2n) is 7.30. The van der Waals surface area contributed by atoms with Gasteiger partial charge in [-0.3, -0.25) is 9.59 Å². The molecular weight excluding hydrogens is 372 g/mol. The topological polar surface area (TPSA) is 83.2 Å². The summed E-state index contributed by atoms with van der Waals surface area (Å²) in [5, 5.41) is 11.0. The summed E-state index contributed by atoms with van der Waals surface area (Å²) in [6, 6.07) is 9.57. The minimum absolute atomic E-state index is 0.0127. The number of nitrogens with zero attached hydrogens (tertiary/aromatic N) is 2. The molecule has 0 radical (unpaired) electrons. The van der Waals surface area contributed by atoms with Gasteiger partial charge in [-0.2, -0.15) is 0 Å². The van der Waals surface area contributed by atoms with E-state index in [1.165, 1.54) is 12.0 Å². The molecule has 0 bridgehead atoms. The molecule has 2 aromatic rings. The summed E-state index contributed by atoms with van der Waals surface area (Å²) in [5.74, 6) is -0.108. The molecule has 0 spiro atoms. The van der Waals surface area contributed by atoms with Gasteiger partial charge in [-0.1, -0.05) is 12.1 Å². The van der Waals surface area contributed by atoms with Crippen LogP contribution in [0.2, 0.25) is 0 Å². The zero-order chi connectivity index (χ0) is 21.1. The largest absolute Gasteiger partial charge is 0.507 e. The number of hydrogen-bond acceptors (Lipinski definition) is 6. The molecule has 3 rings (SSSR count). The number of furan rings is 1. The fraction of sp³-hybridized carbons (Fsp3) is 0.364.